The third-order valence-electron chi connectivity index (χ3n) is 3.00. The summed E-state index contributed by atoms with van der Waals surface area (Å²) in [7, 11) is -2.42. The number of nitrogens with one attached hydrogen (secondary N) is 1. The Kier molecular flexibility index (Phi) is 4.43. The van der Waals surface area contributed by atoms with E-state index in [1.54, 1.807) is 0 Å². The van der Waals surface area contributed by atoms with Gasteiger partial charge in [0.15, 0.2) is 0 Å². The summed E-state index contributed by atoms with van der Waals surface area (Å²) in [6.45, 7) is 0.719. The van der Waals surface area contributed by atoms with E-state index in [0.29, 0.717) is 23.1 Å². The maximum absolute atomic E-state index is 11.4. The van der Waals surface area contributed by atoms with Crippen molar-refractivity contribution < 1.29 is 4.21 Å². The van der Waals surface area contributed by atoms with E-state index in [9.17, 15) is 4.21 Å². The second kappa shape index (κ2) is 5.73. The topological polar surface area (TPSA) is 45.9 Å². The molecular formula is C13H16Cl2N2OS. The van der Waals surface area contributed by atoms with Gasteiger partial charge in [-0.3, -0.25) is 8.99 Å². The van der Waals surface area contributed by atoms with E-state index in [4.69, 9.17) is 28.0 Å². The molecule has 0 aliphatic carbocycles. The summed E-state index contributed by atoms with van der Waals surface area (Å²) in [6, 6.07) is 7.76. The molecule has 0 saturated heterocycles. The smallest absolute Gasteiger partial charge is 0.0627 e. The van der Waals surface area contributed by atoms with E-state index in [2.05, 4.69) is 4.57 Å². The molecule has 0 aliphatic heterocycles. The average molecular weight is 319 g/mol. The lowest BCUT2D eigenvalue weighted by Gasteiger charge is -2.09. The number of aromatic nitrogens is 1. The molecule has 0 amide bonds. The number of nitrogens with zero attached hydrogens (tertiary/aromatic N) is 1. The van der Waals surface area contributed by atoms with Crippen LogP contribution in [-0.4, -0.2) is 20.8 Å². The van der Waals surface area contributed by atoms with Crippen molar-refractivity contribution in [1.29, 1.82) is 4.78 Å². The van der Waals surface area contributed by atoms with Crippen molar-refractivity contribution >= 4 is 43.8 Å². The standard InChI is InChI=1S/C13H16Cl2N2OS/c1-19(16,18)6-2-5-17-12(9-14)8-10-7-11(15)3-4-13(10)17/h3-4,7-8,16H,2,5-6,9H2,1H3/t19-/m0/s1. The highest BCUT2D eigenvalue weighted by atomic mass is 35.5. The maximum Gasteiger partial charge on any atom is 0.0627 e. The first-order chi connectivity index (χ1) is 8.90. The maximum atomic E-state index is 11.4. The predicted octanol–water partition coefficient (Wildman–Crippen LogP) is 4.10. The number of hydrogen-bond donors (Lipinski definition) is 1. The number of fused-ring (bicyclic) bond motifs is 1. The fourth-order valence-corrected chi connectivity index (χ4v) is 3.25. The van der Waals surface area contributed by atoms with Crippen LogP contribution in [0.1, 0.15) is 12.1 Å². The molecule has 0 saturated carbocycles. The molecule has 1 atom stereocenters. The number of rotatable bonds is 5. The number of aryl methyl sites for hydroxylation is 1. The molecule has 6 heteroatoms. The summed E-state index contributed by atoms with van der Waals surface area (Å²) in [5.41, 5.74) is 2.10. The highest BCUT2D eigenvalue weighted by Crippen LogP contribution is 2.25. The Morgan fingerprint density at radius 1 is 1.37 bits per heavy atom. The molecule has 2 aromatic rings. The molecule has 1 N–H and O–H groups in total. The van der Waals surface area contributed by atoms with Gasteiger partial charge < -0.3 is 4.57 Å². The van der Waals surface area contributed by atoms with Crippen LogP contribution in [0.5, 0.6) is 0 Å². The van der Waals surface area contributed by atoms with E-state index in [1.165, 1.54) is 6.26 Å². The van der Waals surface area contributed by atoms with Crippen molar-refractivity contribution in [2.24, 2.45) is 0 Å². The lowest BCUT2D eigenvalue weighted by molar-refractivity contribution is 0.656. The van der Waals surface area contributed by atoms with Crippen molar-refractivity contribution in [2.45, 2.75) is 18.8 Å². The first-order valence-electron chi connectivity index (χ1n) is 5.96. The molecule has 0 bridgehead atoms. The Bertz CT molecular complexity index is 692. The van der Waals surface area contributed by atoms with Crippen LogP contribution in [0.2, 0.25) is 5.02 Å². The van der Waals surface area contributed by atoms with Gasteiger partial charge in [-0.1, -0.05) is 11.6 Å². The van der Waals surface area contributed by atoms with E-state index >= 15 is 0 Å². The molecule has 0 fully saturated rings. The van der Waals surface area contributed by atoms with Gasteiger partial charge in [-0.25, -0.2) is 0 Å². The van der Waals surface area contributed by atoms with Crippen LogP contribution in [0.4, 0.5) is 0 Å². The summed E-state index contributed by atoms with van der Waals surface area (Å²) in [5, 5.41) is 1.76. The number of hydrogen-bond acceptors (Lipinski definition) is 2. The van der Waals surface area contributed by atoms with Gasteiger partial charge in [-0.15, -0.1) is 11.6 Å². The van der Waals surface area contributed by atoms with E-state index in [-0.39, 0.29) is 0 Å². The third-order valence-corrected chi connectivity index (χ3v) is 4.58. The van der Waals surface area contributed by atoms with Gasteiger partial charge >= 0.3 is 0 Å². The average Bonchev–Trinajstić information content (AvgIpc) is 2.65. The Labute approximate surface area is 123 Å². The van der Waals surface area contributed by atoms with Crippen LogP contribution in [0.15, 0.2) is 24.3 Å². The molecule has 3 nitrogen and oxygen atoms in total. The Morgan fingerprint density at radius 2 is 2.11 bits per heavy atom. The molecule has 1 aromatic heterocycles. The minimum atomic E-state index is -2.42. The zero-order chi connectivity index (χ0) is 14.0. The summed E-state index contributed by atoms with van der Waals surface area (Å²) in [4.78, 5) is 0. The fourth-order valence-electron chi connectivity index (χ4n) is 2.17. The monoisotopic (exact) mass is 318 g/mol. The van der Waals surface area contributed by atoms with Crippen LogP contribution in [-0.2, 0) is 22.2 Å². The van der Waals surface area contributed by atoms with Gasteiger partial charge in [0.05, 0.1) is 5.88 Å². The minimum Gasteiger partial charge on any atom is -0.343 e. The van der Waals surface area contributed by atoms with Crippen LogP contribution < -0.4 is 0 Å². The predicted molar refractivity (Wildman–Crippen MR) is 82.8 cm³/mol. The lowest BCUT2D eigenvalue weighted by atomic mass is 10.2. The molecule has 19 heavy (non-hydrogen) atoms. The Morgan fingerprint density at radius 3 is 2.74 bits per heavy atom. The van der Waals surface area contributed by atoms with Gasteiger partial charge in [0.1, 0.15) is 0 Å². The SMILES string of the molecule is C[S@](=N)(=O)CCCn1c(CCl)cc2cc(Cl)ccc21. The number of alkyl halides is 1. The molecule has 1 aromatic carbocycles. The zero-order valence-corrected chi connectivity index (χ0v) is 13.0. The van der Waals surface area contributed by atoms with Gasteiger partial charge in [0, 0.05) is 49.9 Å². The summed E-state index contributed by atoms with van der Waals surface area (Å²) < 4.78 is 20.9. The molecule has 0 spiro atoms. The van der Waals surface area contributed by atoms with Crippen LogP contribution >= 0.6 is 23.2 Å². The number of benzene rings is 1. The largest absolute Gasteiger partial charge is 0.343 e. The summed E-state index contributed by atoms with van der Waals surface area (Å²) >= 11 is 11.9. The first-order valence-corrected chi connectivity index (χ1v) is 9.00. The van der Waals surface area contributed by atoms with Crippen molar-refractivity contribution in [3.63, 3.8) is 0 Å². The third kappa shape index (κ3) is 3.65. The minimum absolute atomic E-state index is 0.405. The molecule has 2 rings (SSSR count). The van der Waals surface area contributed by atoms with Crippen LogP contribution in [0.3, 0.4) is 0 Å². The second-order valence-corrected chi connectivity index (χ2v) is 7.81. The van der Waals surface area contributed by atoms with Gasteiger partial charge in [-0.2, -0.15) is 0 Å². The van der Waals surface area contributed by atoms with Crippen LogP contribution in [0.25, 0.3) is 10.9 Å². The Hall–Kier alpha value is -0.710. The van der Waals surface area contributed by atoms with E-state index in [0.717, 1.165) is 23.1 Å². The quantitative estimate of drug-likeness (QED) is 0.829. The van der Waals surface area contributed by atoms with E-state index < -0.39 is 9.73 Å². The second-order valence-electron chi connectivity index (χ2n) is 4.69. The molecule has 0 radical (unpaired) electrons. The van der Waals surface area contributed by atoms with Crippen LogP contribution in [0, 0.1) is 4.78 Å². The van der Waals surface area contributed by atoms with Gasteiger partial charge in [0.2, 0.25) is 0 Å². The molecule has 0 aliphatic rings. The summed E-state index contributed by atoms with van der Waals surface area (Å²) in [5.74, 6) is 0.830. The summed E-state index contributed by atoms with van der Waals surface area (Å²) in [6.07, 6.45) is 2.18. The molecule has 0 unspecified atom stereocenters. The zero-order valence-electron chi connectivity index (χ0n) is 10.7. The normalized spacial score (nSPS) is 14.7. The number of halogens is 2. The van der Waals surface area contributed by atoms with Gasteiger partial charge in [0.25, 0.3) is 0 Å². The Balaban J connectivity index is 2.30. The highest BCUT2D eigenvalue weighted by molar-refractivity contribution is 7.91. The van der Waals surface area contributed by atoms with Crippen molar-refractivity contribution in [1.82, 2.24) is 4.57 Å². The molecular weight excluding hydrogens is 303 g/mol. The fraction of sp³-hybridized carbons (Fsp3) is 0.385. The molecule has 1 heterocycles. The van der Waals surface area contributed by atoms with Crippen molar-refractivity contribution in [2.75, 3.05) is 12.0 Å². The van der Waals surface area contributed by atoms with Crippen molar-refractivity contribution in [3.05, 3.63) is 35.0 Å². The highest BCUT2D eigenvalue weighted by Gasteiger charge is 2.09. The molecule has 104 valence electrons. The first kappa shape index (κ1) is 14.7. The van der Waals surface area contributed by atoms with Gasteiger partial charge in [-0.05, 0) is 30.7 Å². The van der Waals surface area contributed by atoms with E-state index in [1.807, 2.05) is 24.3 Å². The lowest BCUT2D eigenvalue weighted by Crippen LogP contribution is -2.08. The van der Waals surface area contributed by atoms with Crippen molar-refractivity contribution in [3.8, 4) is 0 Å².